The van der Waals surface area contributed by atoms with E-state index in [1.165, 1.54) is 0 Å². The lowest BCUT2D eigenvalue weighted by molar-refractivity contribution is 0.489. The van der Waals surface area contributed by atoms with Crippen LogP contribution in [0.25, 0.3) is 0 Å². The molecule has 0 spiro atoms. The number of aryl methyl sites for hydroxylation is 2. The van der Waals surface area contributed by atoms with Crippen molar-refractivity contribution in [1.82, 2.24) is 5.32 Å². The molecule has 0 aliphatic rings. The maximum Gasteiger partial charge on any atom is 0.128 e. The Kier molecular flexibility index (Phi) is 4.94. The predicted molar refractivity (Wildman–Crippen MR) is 67.2 cm³/mol. The number of benzene rings is 1. The van der Waals surface area contributed by atoms with Gasteiger partial charge in [0.1, 0.15) is 5.82 Å². The Morgan fingerprint density at radius 2 is 2.00 bits per heavy atom. The van der Waals surface area contributed by atoms with Gasteiger partial charge >= 0.3 is 0 Å². The summed E-state index contributed by atoms with van der Waals surface area (Å²) in [5, 5.41) is 3.21. The van der Waals surface area contributed by atoms with Gasteiger partial charge in [0.2, 0.25) is 0 Å². The molecule has 16 heavy (non-hydrogen) atoms. The smallest absolute Gasteiger partial charge is 0.128 e. The summed E-state index contributed by atoms with van der Waals surface area (Å²) < 4.78 is 13.9. The minimum Gasteiger partial charge on any atom is -0.313 e. The van der Waals surface area contributed by atoms with Crippen LogP contribution in [0.4, 0.5) is 4.39 Å². The van der Waals surface area contributed by atoms with Crippen LogP contribution in [-0.4, -0.2) is 7.05 Å². The average molecular weight is 223 g/mol. The summed E-state index contributed by atoms with van der Waals surface area (Å²) in [6.45, 7) is 6.08. The van der Waals surface area contributed by atoms with Gasteiger partial charge < -0.3 is 5.32 Å². The number of hydrogen-bond donors (Lipinski definition) is 1. The molecule has 1 N–H and O–H groups in total. The fourth-order valence-electron chi connectivity index (χ4n) is 2.21. The Morgan fingerprint density at radius 3 is 2.50 bits per heavy atom. The molecule has 0 aliphatic heterocycles. The fraction of sp³-hybridized carbons (Fsp3) is 0.571. The van der Waals surface area contributed by atoms with Gasteiger partial charge in [0.05, 0.1) is 0 Å². The second-order valence-electron chi connectivity index (χ2n) is 4.46. The quantitative estimate of drug-likeness (QED) is 0.798. The maximum absolute atomic E-state index is 13.9. The van der Waals surface area contributed by atoms with E-state index >= 15 is 0 Å². The van der Waals surface area contributed by atoms with Gasteiger partial charge in [-0.25, -0.2) is 4.39 Å². The molecule has 0 saturated heterocycles. The molecule has 1 atom stereocenters. The molecule has 2 heteroatoms. The van der Waals surface area contributed by atoms with E-state index in [1.54, 1.807) is 6.07 Å². The maximum atomic E-state index is 13.9. The van der Waals surface area contributed by atoms with E-state index in [2.05, 4.69) is 18.3 Å². The molecule has 0 amide bonds. The predicted octanol–water partition coefficient (Wildman–Crippen LogP) is 3.89. The minimum atomic E-state index is -0.0760. The van der Waals surface area contributed by atoms with Gasteiger partial charge in [0.25, 0.3) is 0 Å². The highest BCUT2D eigenvalue weighted by Crippen LogP contribution is 2.26. The summed E-state index contributed by atoms with van der Waals surface area (Å²) in [7, 11) is 1.90. The van der Waals surface area contributed by atoms with Crippen molar-refractivity contribution in [2.75, 3.05) is 7.05 Å². The molecule has 0 bridgehead atoms. The highest BCUT2D eigenvalue weighted by Gasteiger charge is 2.16. The normalized spacial score (nSPS) is 12.8. The topological polar surface area (TPSA) is 12.0 Å². The second kappa shape index (κ2) is 6.00. The van der Waals surface area contributed by atoms with Gasteiger partial charge in [-0.05, 0) is 44.5 Å². The molecule has 1 nitrogen and oxygen atoms in total. The van der Waals surface area contributed by atoms with Gasteiger partial charge in [-0.1, -0.05) is 25.8 Å². The lowest BCUT2D eigenvalue weighted by atomic mass is 9.95. The summed E-state index contributed by atoms with van der Waals surface area (Å²) in [5.41, 5.74) is 2.87. The van der Waals surface area contributed by atoms with Crippen molar-refractivity contribution in [3.05, 3.63) is 34.6 Å². The Hall–Kier alpha value is -0.890. The van der Waals surface area contributed by atoms with Crippen LogP contribution < -0.4 is 5.32 Å². The molecule has 1 unspecified atom stereocenters. The summed E-state index contributed by atoms with van der Waals surface area (Å²) in [6.07, 6.45) is 3.26. The van der Waals surface area contributed by atoms with E-state index in [1.807, 2.05) is 20.9 Å². The summed E-state index contributed by atoms with van der Waals surface area (Å²) in [5.74, 6) is -0.0760. The van der Waals surface area contributed by atoms with Crippen LogP contribution in [-0.2, 0) is 0 Å². The van der Waals surface area contributed by atoms with Crippen molar-refractivity contribution in [2.24, 2.45) is 0 Å². The molecule has 0 radical (unpaired) electrons. The Bertz CT molecular complexity index is 324. The summed E-state index contributed by atoms with van der Waals surface area (Å²) in [4.78, 5) is 0. The Balaban J connectivity index is 2.99. The molecule has 1 aromatic rings. The monoisotopic (exact) mass is 223 g/mol. The number of nitrogens with one attached hydrogen (secondary N) is 1. The fourth-order valence-corrected chi connectivity index (χ4v) is 2.21. The van der Waals surface area contributed by atoms with E-state index in [-0.39, 0.29) is 11.9 Å². The van der Waals surface area contributed by atoms with E-state index in [0.29, 0.717) is 0 Å². The van der Waals surface area contributed by atoms with Crippen molar-refractivity contribution < 1.29 is 4.39 Å². The van der Waals surface area contributed by atoms with E-state index in [9.17, 15) is 4.39 Å². The minimum absolute atomic E-state index is 0.0760. The Labute approximate surface area is 98.1 Å². The second-order valence-corrected chi connectivity index (χ2v) is 4.46. The standard InChI is InChI=1S/C14H22FN/c1-5-6-7-13(16-4)14-11(3)8-10(2)9-12(14)15/h8-9,13,16H,5-7H2,1-4H3. The first-order valence-electron chi connectivity index (χ1n) is 6.04. The van der Waals surface area contributed by atoms with Crippen LogP contribution in [0.15, 0.2) is 12.1 Å². The molecule has 0 fully saturated rings. The third-order valence-corrected chi connectivity index (χ3v) is 3.02. The van der Waals surface area contributed by atoms with Crippen molar-refractivity contribution in [3.8, 4) is 0 Å². The van der Waals surface area contributed by atoms with Gasteiger partial charge in [-0.2, -0.15) is 0 Å². The molecule has 0 saturated carbocycles. The number of halogens is 1. The molecule has 90 valence electrons. The summed E-state index contributed by atoms with van der Waals surface area (Å²) >= 11 is 0. The van der Waals surface area contributed by atoms with Crippen LogP contribution in [0, 0.1) is 19.7 Å². The van der Waals surface area contributed by atoms with Crippen LogP contribution >= 0.6 is 0 Å². The van der Waals surface area contributed by atoms with E-state index < -0.39 is 0 Å². The third-order valence-electron chi connectivity index (χ3n) is 3.02. The van der Waals surface area contributed by atoms with Gasteiger partial charge in [-0.3, -0.25) is 0 Å². The van der Waals surface area contributed by atoms with Gasteiger partial charge in [0, 0.05) is 11.6 Å². The number of hydrogen-bond acceptors (Lipinski definition) is 1. The van der Waals surface area contributed by atoms with Crippen molar-refractivity contribution in [3.63, 3.8) is 0 Å². The van der Waals surface area contributed by atoms with E-state index in [4.69, 9.17) is 0 Å². The zero-order valence-electron chi connectivity index (χ0n) is 10.7. The van der Waals surface area contributed by atoms with Gasteiger partial charge in [0.15, 0.2) is 0 Å². The van der Waals surface area contributed by atoms with Crippen LogP contribution in [0.1, 0.15) is 48.9 Å². The first kappa shape index (κ1) is 13.2. The van der Waals surface area contributed by atoms with Crippen LogP contribution in [0.5, 0.6) is 0 Å². The lowest BCUT2D eigenvalue weighted by Crippen LogP contribution is -2.19. The number of unbranched alkanes of at least 4 members (excludes halogenated alkanes) is 1. The number of rotatable bonds is 5. The van der Waals surface area contributed by atoms with Crippen molar-refractivity contribution >= 4 is 0 Å². The molecule has 0 aromatic heterocycles. The highest BCUT2D eigenvalue weighted by molar-refractivity contribution is 5.34. The lowest BCUT2D eigenvalue weighted by Gasteiger charge is -2.20. The highest BCUT2D eigenvalue weighted by atomic mass is 19.1. The largest absolute Gasteiger partial charge is 0.313 e. The molecule has 1 rings (SSSR count). The zero-order valence-corrected chi connectivity index (χ0v) is 10.7. The zero-order chi connectivity index (χ0) is 12.1. The van der Waals surface area contributed by atoms with Crippen molar-refractivity contribution in [1.29, 1.82) is 0 Å². The van der Waals surface area contributed by atoms with Crippen molar-refractivity contribution in [2.45, 2.75) is 46.1 Å². The first-order valence-corrected chi connectivity index (χ1v) is 6.04. The van der Waals surface area contributed by atoms with Crippen LogP contribution in [0.2, 0.25) is 0 Å². The molecular formula is C14H22FN. The van der Waals surface area contributed by atoms with Gasteiger partial charge in [-0.15, -0.1) is 0 Å². The molecule has 0 aliphatic carbocycles. The molecule has 1 aromatic carbocycles. The first-order chi connectivity index (χ1) is 7.60. The molecular weight excluding hydrogens is 201 g/mol. The SMILES string of the molecule is CCCCC(NC)c1c(C)cc(C)cc1F. The molecule has 0 heterocycles. The average Bonchev–Trinajstić information content (AvgIpc) is 2.21. The Morgan fingerprint density at radius 1 is 1.31 bits per heavy atom. The summed E-state index contributed by atoms with van der Waals surface area (Å²) in [6, 6.07) is 3.81. The third kappa shape index (κ3) is 3.05. The van der Waals surface area contributed by atoms with Crippen LogP contribution in [0.3, 0.4) is 0 Å². The van der Waals surface area contributed by atoms with E-state index in [0.717, 1.165) is 36.0 Å².